The minimum atomic E-state index is -0.0315. The summed E-state index contributed by atoms with van der Waals surface area (Å²) in [5.74, 6) is 1.01. The molecule has 0 aromatic carbocycles. The van der Waals surface area contributed by atoms with Crippen LogP contribution in [0.2, 0.25) is 0 Å². The minimum Gasteiger partial charge on any atom is -0.332 e. The summed E-state index contributed by atoms with van der Waals surface area (Å²) in [6, 6.07) is 0.563. The average molecular weight is 307 g/mol. The Morgan fingerprint density at radius 3 is 3.00 bits per heavy atom. The van der Waals surface area contributed by atoms with E-state index in [1.807, 2.05) is 11.8 Å². The van der Waals surface area contributed by atoms with Crippen LogP contribution in [0.5, 0.6) is 0 Å². The Balaban J connectivity index is 1.70. The van der Waals surface area contributed by atoms with Gasteiger partial charge in [0, 0.05) is 17.4 Å². The Morgan fingerprint density at radius 2 is 2.25 bits per heavy atom. The third kappa shape index (κ3) is 2.91. The van der Waals surface area contributed by atoms with Crippen molar-refractivity contribution in [3.05, 3.63) is 0 Å². The lowest BCUT2D eigenvalue weighted by Gasteiger charge is -2.16. The minimum absolute atomic E-state index is 0.0315. The molecule has 0 aromatic heterocycles. The van der Waals surface area contributed by atoms with Gasteiger partial charge >= 0.3 is 6.03 Å². The molecule has 2 heterocycles. The van der Waals surface area contributed by atoms with Crippen LogP contribution < -0.4 is 10.6 Å². The zero-order chi connectivity index (χ0) is 11.5. The molecule has 2 N–H and O–H groups in total. The van der Waals surface area contributed by atoms with Crippen molar-refractivity contribution in [3.8, 4) is 0 Å². The summed E-state index contributed by atoms with van der Waals surface area (Å²) >= 11 is 4.85. The zero-order valence-electron chi connectivity index (χ0n) is 8.87. The Hall–Kier alpha value is -0.230. The number of rotatable bonds is 5. The smallest absolute Gasteiger partial charge is 0.315 e. The maximum atomic E-state index is 11.1. The molecule has 0 unspecified atom stereocenters. The third-order valence-corrected chi connectivity index (χ3v) is 4.96. The molecule has 0 spiro atoms. The van der Waals surface area contributed by atoms with Gasteiger partial charge in [0.15, 0.2) is 4.69 Å². The van der Waals surface area contributed by atoms with Crippen LogP contribution in [0, 0.1) is 0 Å². The van der Waals surface area contributed by atoms with E-state index in [0.717, 1.165) is 25.0 Å². The zero-order valence-corrected chi connectivity index (χ0v) is 11.3. The van der Waals surface area contributed by atoms with Gasteiger partial charge in [0.05, 0.1) is 12.1 Å². The van der Waals surface area contributed by atoms with E-state index in [1.54, 1.807) is 0 Å². The molecule has 4 nitrogen and oxygen atoms in total. The van der Waals surface area contributed by atoms with Gasteiger partial charge in [-0.15, -0.1) is 0 Å². The third-order valence-electron chi connectivity index (χ3n) is 3.05. The maximum Gasteiger partial charge on any atom is 0.315 e. The summed E-state index contributed by atoms with van der Waals surface area (Å²) in [6.07, 6.45) is 3.66. The topological polar surface area (TPSA) is 58.2 Å². The standard InChI is InChI=1S/C10H15BrN2O2S/c11-8(14)4-2-1-3-7-9-6(5-16-7)12-10(15)13-9/h6-7,9H,1-5H2,(H2,12,13,15)/t6-,7-,9-/m0/s1. The lowest BCUT2D eigenvalue weighted by molar-refractivity contribution is -0.110. The van der Waals surface area contributed by atoms with Gasteiger partial charge in [0.25, 0.3) is 0 Å². The van der Waals surface area contributed by atoms with Gasteiger partial charge < -0.3 is 10.6 Å². The summed E-state index contributed by atoms with van der Waals surface area (Å²) in [4.78, 5) is 21.8. The molecule has 2 aliphatic heterocycles. The van der Waals surface area contributed by atoms with Crippen molar-refractivity contribution in [1.29, 1.82) is 0 Å². The van der Waals surface area contributed by atoms with Crippen molar-refractivity contribution >= 4 is 38.4 Å². The molecular weight excluding hydrogens is 292 g/mol. The highest BCUT2D eigenvalue weighted by Crippen LogP contribution is 2.33. The van der Waals surface area contributed by atoms with Crippen molar-refractivity contribution < 1.29 is 9.59 Å². The van der Waals surface area contributed by atoms with Gasteiger partial charge in [-0.3, -0.25) is 4.79 Å². The fraction of sp³-hybridized carbons (Fsp3) is 0.800. The van der Waals surface area contributed by atoms with Gasteiger partial charge in [0.1, 0.15) is 0 Å². The second kappa shape index (κ2) is 5.40. The van der Waals surface area contributed by atoms with Gasteiger partial charge in [-0.25, -0.2) is 4.79 Å². The second-order valence-corrected chi connectivity index (χ2v) is 6.38. The molecule has 6 heteroatoms. The fourth-order valence-corrected chi connectivity index (χ4v) is 4.08. The summed E-state index contributed by atoms with van der Waals surface area (Å²) < 4.78 is 0.0836. The molecule has 2 fully saturated rings. The first kappa shape index (κ1) is 12.2. The van der Waals surface area contributed by atoms with Crippen molar-refractivity contribution in [3.63, 3.8) is 0 Å². The monoisotopic (exact) mass is 306 g/mol. The first-order valence-electron chi connectivity index (χ1n) is 5.54. The summed E-state index contributed by atoms with van der Waals surface area (Å²) in [5.41, 5.74) is 0. The number of nitrogens with one attached hydrogen (secondary N) is 2. The molecule has 3 atom stereocenters. The van der Waals surface area contributed by atoms with E-state index in [-0.39, 0.29) is 16.8 Å². The average Bonchev–Trinajstić information content (AvgIpc) is 2.72. The van der Waals surface area contributed by atoms with E-state index in [2.05, 4.69) is 26.6 Å². The van der Waals surface area contributed by atoms with Gasteiger partial charge in [-0.2, -0.15) is 11.8 Å². The molecule has 2 amide bonds. The van der Waals surface area contributed by atoms with Crippen LogP contribution in [-0.4, -0.2) is 33.8 Å². The number of thioether (sulfide) groups is 1. The first-order chi connectivity index (χ1) is 7.66. The van der Waals surface area contributed by atoms with E-state index in [0.29, 0.717) is 17.7 Å². The molecule has 90 valence electrons. The number of hydrogen-bond acceptors (Lipinski definition) is 3. The van der Waals surface area contributed by atoms with Crippen molar-refractivity contribution in [2.75, 3.05) is 5.75 Å². The highest BCUT2D eigenvalue weighted by molar-refractivity contribution is 9.18. The number of halogens is 1. The van der Waals surface area contributed by atoms with Crippen LogP contribution in [0.1, 0.15) is 25.7 Å². The van der Waals surface area contributed by atoms with Crippen LogP contribution in [0.25, 0.3) is 0 Å². The molecule has 0 radical (unpaired) electrons. The van der Waals surface area contributed by atoms with Crippen LogP contribution in [0.15, 0.2) is 0 Å². The van der Waals surface area contributed by atoms with Gasteiger partial charge in [0.2, 0.25) is 0 Å². The van der Waals surface area contributed by atoms with E-state index < -0.39 is 0 Å². The SMILES string of the molecule is O=C(Br)CCCC[C@@H]1SC[C@@H]2NC(=O)N[C@@H]21. The quantitative estimate of drug-likeness (QED) is 0.461. The summed E-state index contributed by atoms with van der Waals surface area (Å²) in [6.45, 7) is 0. The van der Waals surface area contributed by atoms with Crippen LogP contribution in [0.3, 0.4) is 0 Å². The van der Waals surface area contributed by atoms with E-state index in [4.69, 9.17) is 0 Å². The van der Waals surface area contributed by atoms with E-state index in [1.165, 1.54) is 0 Å². The van der Waals surface area contributed by atoms with E-state index in [9.17, 15) is 9.59 Å². The van der Waals surface area contributed by atoms with Gasteiger partial charge in [-0.05, 0) is 28.8 Å². The van der Waals surface area contributed by atoms with Gasteiger partial charge in [-0.1, -0.05) is 6.42 Å². The molecule has 2 aliphatic rings. The largest absolute Gasteiger partial charge is 0.332 e. The highest BCUT2D eigenvalue weighted by Gasteiger charge is 2.42. The predicted octanol–water partition coefficient (Wildman–Crippen LogP) is 1.63. The number of fused-ring (bicyclic) bond motifs is 1. The molecule has 0 aromatic rings. The number of carbonyl (C=O) groups is 2. The van der Waals surface area contributed by atoms with Crippen LogP contribution in [-0.2, 0) is 4.79 Å². The second-order valence-electron chi connectivity index (χ2n) is 4.22. The molecule has 0 aliphatic carbocycles. The Kier molecular flexibility index (Phi) is 4.13. The molecule has 0 bridgehead atoms. The molecule has 16 heavy (non-hydrogen) atoms. The van der Waals surface area contributed by atoms with Crippen LogP contribution >= 0.6 is 27.7 Å². The molecule has 2 saturated heterocycles. The van der Waals surface area contributed by atoms with Crippen molar-refractivity contribution in [1.82, 2.24) is 10.6 Å². The first-order valence-corrected chi connectivity index (χ1v) is 7.38. The molecular formula is C10H15BrN2O2S. The van der Waals surface area contributed by atoms with Crippen molar-refractivity contribution in [2.45, 2.75) is 43.0 Å². The van der Waals surface area contributed by atoms with E-state index >= 15 is 0 Å². The van der Waals surface area contributed by atoms with Crippen LogP contribution in [0.4, 0.5) is 4.79 Å². The summed E-state index contributed by atoms with van der Waals surface area (Å²) in [5, 5.41) is 6.40. The Bertz CT molecular complexity index is 301. The lowest BCUT2D eigenvalue weighted by Crippen LogP contribution is -2.36. The number of carbonyl (C=O) groups excluding carboxylic acids is 2. The Labute approximate surface area is 107 Å². The lowest BCUT2D eigenvalue weighted by atomic mass is 10.0. The highest BCUT2D eigenvalue weighted by atomic mass is 79.9. The number of unbranched alkanes of at least 4 members (excludes halogenated alkanes) is 1. The molecule has 2 rings (SSSR count). The number of urea groups is 1. The van der Waals surface area contributed by atoms with Crippen molar-refractivity contribution in [2.24, 2.45) is 0 Å². The number of hydrogen-bond donors (Lipinski definition) is 2. The fourth-order valence-electron chi connectivity index (χ4n) is 2.25. The maximum absolute atomic E-state index is 11.1. The normalized spacial score (nSPS) is 32.1. The number of amides is 2. The summed E-state index contributed by atoms with van der Waals surface area (Å²) in [7, 11) is 0. The Morgan fingerprint density at radius 1 is 1.44 bits per heavy atom. The molecule has 0 saturated carbocycles. The predicted molar refractivity (Wildman–Crippen MR) is 67.9 cm³/mol.